The first-order valence-electron chi connectivity index (χ1n) is 6.01. The molecule has 2 rings (SSSR count). The van der Waals surface area contributed by atoms with E-state index >= 15 is 0 Å². The molecule has 0 spiro atoms. The van der Waals surface area contributed by atoms with Crippen LogP contribution in [-0.4, -0.2) is 24.7 Å². The van der Waals surface area contributed by atoms with Crippen molar-refractivity contribution in [3.63, 3.8) is 0 Å². The number of sulfonamides is 1. The molecule has 1 fully saturated rings. The Morgan fingerprint density at radius 3 is 2.82 bits per heavy atom. The summed E-state index contributed by atoms with van der Waals surface area (Å²) in [7, 11) is -3.41. The molecule has 17 heavy (non-hydrogen) atoms. The zero-order valence-corrected chi connectivity index (χ0v) is 11.0. The van der Waals surface area contributed by atoms with Crippen LogP contribution in [0.1, 0.15) is 38.3 Å². The van der Waals surface area contributed by atoms with Crippen molar-refractivity contribution in [1.29, 1.82) is 0 Å². The van der Waals surface area contributed by atoms with Crippen LogP contribution in [0.2, 0.25) is 0 Å². The number of aryl methyl sites for hydroxylation is 1. The largest absolute Gasteiger partial charge is 0.281 e. The third-order valence-electron chi connectivity index (χ3n) is 3.33. The molecule has 1 heterocycles. The summed E-state index contributed by atoms with van der Waals surface area (Å²) in [4.78, 5) is 0.260. The van der Waals surface area contributed by atoms with Gasteiger partial charge in [0.1, 0.15) is 4.90 Å². The van der Waals surface area contributed by atoms with Crippen molar-refractivity contribution >= 4 is 10.0 Å². The van der Waals surface area contributed by atoms with E-state index in [2.05, 4.69) is 21.8 Å². The summed E-state index contributed by atoms with van der Waals surface area (Å²) in [6.07, 6.45) is 5.52. The molecule has 2 N–H and O–H groups in total. The Bertz CT molecular complexity index is 481. The maximum atomic E-state index is 12.1. The molecule has 0 saturated heterocycles. The Morgan fingerprint density at radius 2 is 2.24 bits per heavy atom. The first kappa shape index (κ1) is 12.6. The third-order valence-corrected chi connectivity index (χ3v) is 4.97. The van der Waals surface area contributed by atoms with Crippen molar-refractivity contribution in [2.75, 3.05) is 0 Å². The Morgan fingerprint density at radius 1 is 1.47 bits per heavy atom. The molecule has 0 radical (unpaired) electrons. The van der Waals surface area contributed by atoms with Crippen molar-refractivity contribution in [2.45, 2.75) is 50.5 Å². The molecule has 2 atom stereocenters. The average molecular weight is 257 g/mol. The SMILES string of the molecule is Cc1[nH]ncc1S(=O)(=O)NC1CCCC(C)C1. The number of nitrogens with zero attached hydrogens (tertiary/aromatic N) is 1. The van der Waals surface area contributed by atoms with E-state index in [0.29, 0.717) is 11.6 Å². The van der Waals surface area contributed by atoms with Crippen LogP contribution in [0.5, 0.6) is 0 Å². The lowest BCUT2D eigenvalue weighted by atomic mass is 9.88. The van der Waals surface area contributed by atoms with Crippen LogP contribution < -0.4 is 4.72 Å². The number of nitrogens with one attached hydrogen (secondary N) is 2. The van der Waals surface area contributed by atoms with Gasteiger partial charge in [0.15, 0.2) is 0 Å². The van der Waals surface area contributed by atoms with Crippen LogP contribution in [0.25, 0.3) is 0 Å². The van der Waals surface area contributed by atoms with Gasteiger partial charge in [0.05, 0.1) is 11.9 Å². The van der Waals surface area contributed by atoms with Crippen molar-refractivity contribution in [3.05, 3.63) is 11.9 Å². The van der Waals surface area contributed by atoms with E-state index in [9.17, 15) is 8.42 Å². The molecule has 2 unspecified atom stereocenters. The van der Waals surface area contributed by atoms with E-state index in [0.717, 1.165) is 19.3 Å². The highest BCUT2D eigenvalue weighted by Gasteiger charge is 2.26. The fraction of sp³-hybridized carbons (Fsp3) is 0.727. The lowest BCUT2D eigenvalue weighted by molar-refractivity contribution is 0.327. The average Bonchev–Trinajstić information content (AvgIpc) is 2.64. The highest BCUT2D eigenvalue weighted by Crippen LogP contribution is 2.25. The second-order valence-corrected chi connectivity index (χ2v) is 6.63. The molecule has 0 amide bonds. The minimum Gasteiger partial charge on any atom is -0.281 e. The molecule has 0 bridgehead atoms. The zero-order chi connectivity index (χ0) is 12.5. The van der Waals surface area contributed by atoms with E-state index in [1.165, 1.54) is 12.6 Å². The number of hydrogen-bond donors (Lipinski definition) is 2. The standard InChI is InChI=1S/C11H19N3O2S/c1-8-4-3-5-10(6-8)14-17(15,16)11-7-12-13-9(11)2/h7-8,10,14H,3-6H2,1-2H3,(H,12,13). The van der Waals surface area contributed by atoms with E-state index in [4.69, 9.17) is 0 Å². The fourth-order valence-electron chi connectivity index (χ4n) is 2.43. The molecule has 6 heteroatoms. The van der Waals surface area contributed by atoms with Gasteiger partial charge < -0.3 is 0 Å². The van der Waals surface area contributed by atoms with Gasteiger partial charge in [0.25, 0.3) is 0 Å². The van der Waals surface area contributed by atoms with Crippen LogP contribution in [0.15, 0.2) is 11.1 Å². The number of aromatic nitrogens is 2. The summed E-state index contributed by atoms with van der Waals surface area (Å²) in [5.74, 6) is 0.599. The fourth-order valence-corrected chi connectivity index (χ4v) is 3.85. The number of aromatic amines is 1. The van der Waals surface area contributed by atoms with E-state index in [1.807, 2.05) is 0 Å². The molecular weight excluding hydrogens is 238 g/mol. The molecule has 1 saturated carbocycles. The summed E-state index contributed by atoms with van der Waals surface area (Å²) in [6, 6.07) is 0.0676. The number of hydrogen-bond acceptors (Lipinski definition) is 3. The lowest BCUT2D eigenvalue weighted by Gasteiger charge is -2.27. The summed E-state index contributed by atoms with van der Waals surface area (Å²) >= 11 is 0. The van der Waals surface area contributed by atoms with Crippen molar-refractivity contribution < 1.29 is 8.42 Å². The van der Waals surface area contributed by atoms with Gasteiger partial charge >= 0.3 is 0 Å². The van der Waals surface area contributed by atoms with E-state index in [-0.39, 0.29) is 10.9 Å². The Kier molecular flexibility index (Phi) is 3.53. The second kappa shape index (κ2) is 4.78. The first-order chi connectivity index (χ1) is 7.99. The van der Waals surface area contributed by atoms with E-state index in [1.54, 1.807) is 6.92 Å². The van der Waals surface area contributed by atoms with Crippen LogP contribution in [0.4, 0.5) is 0 Å². The van der Waals surface area contributed by atoms with Crippen molar-refractivity contribution in [1.82, 2.24) is 14.9 Å². The predicted molar refractivity (Wildman–Crippen MR) is 65.1 cm³/mol. The smallest absolute Gasteiger partial charge is 0.244 e. The van der Waals surface area contributed by atoms with E-state index < -0.39 is 10.0 Å². The molecule has 0 aliphatic heterocycles. The Labute approximate surface area is 102 Å². The Balaban J connectivity index is 2.10. The van der Waals surface area contributed by atoms with Gasteiger partial charge in [0.2, 0.25) is 10.0 Å². The topological polar surface area (TPSA) is 74.8 Å². The summed E-state index contributed by atoms with van der Waals surface area (Å²) in [5, 5.41) is 6.40. The van der Waals surface area contributed by atoms with Crippen molar-refractivity contribution in [2.24, 2.45) is 5.92 Å². The number of rotatable bonds is 3. The van der Waals surface area contributed by atoms with Gasteiger partial charge in [0, 0.05) is 6.04 Å². The molecule has 1 aliphatic carbocycles. The molecule has 5 nitrogen and oxygen atoms in total. The van der Waals surface area contributed by atoms with Gasteiger partial charge in [-0.2, -0.15) is 5.10 Å². The summed E-state index contributed by atoms with van der Waals surface area (Å²) in [5.41, 5.74) is 0.585. The lowest BCUT2D eigenvalue weighted by Crippen LogP contribution is -2.38. The molecule has 96 valence electrons. The van der Waals surface area contributed by atoms with Gasteiger partial charge in [-0.3, -0.25) is 5.10 Å². The summed E-state index contributed by atoms with van der Waals surface area (Å²) < 4.78 is 27.0. The normalized spacial score (nSPS) is 26.0. The second-order valence-electron chi connectivity index (χ2n) is 4.95. The van der Waals surface area contributed by atoms with Gasteiger partial charge in [-0.05, 0) is 25.7 Å². The monoisotopic (exact) mass is 257 g/mol. The number of H-pyrrole nitrogens is 1. The van der Waals surface area contributed by atoms with Crippen LogP contribution in [0.3, 0.4) is 0 Å². The zero-order valence-electron chi connectivity index (χ0n) is 10.2. The van der Waals surface area contributed by atoms with Crippen LogP contribution in [0, 0.1) is 12.8 Å². The maximum absolute atomic E-state index is 12.1. The highest BCUT2D eigenvalue weighted by atomic mass is 32.2. The van der Waals surface area contributed by atoms with Crippen molar-refractivity contribution in [3.8, 4) is 0 Å². The van der Waals surface area contributed by atoms with Crippen LogP contribution >= 0.6 is 0 Å². The molecular formula is C11H19N3O2S. The highest BCUT2D eigenvalue weighted by molar-refractivity contribution is 7.89. The molecule has 1 aromatic heterocycles. The minimum atomic E-state index is -3.41. The first-order valence-corrected chi connectivity index (χ1v) is 7.49. The van der Waals surface area contributed by atoms with Crippen LogP contribution in [-0.2, 0) is 10.0 Å². The molecule has 1 aromatic rings. The third kappa shape index (κ3) is 2.87. The molecule has 0 aromatic carbocycles. The predicted octanol–water partition coefficient (Wildman–Crippen LogP) is 1.58. The maximum Gasteiger partial charge on any atom is 0.244 e. The van der Waals surface area contributed by atoms with Gasteiger partial charge in [-0.1, -0.05) is 19.8 Å². The minimum absolute atomic E-state index is 0.0676. The van der Waals surface area contributed by atoms with Gasteiger partial charge in [-0.15, -0.1) is 0 Å². The summed E-state index contributed by atoms with van der Waals surface area (Å²) in [6.45, 7) is 3.88. The Hall–Kier alpha value is -0.880. The quantitative estimate of drug-likeness (QED) is 0.863. The van der Waals surface area contributed by atoms with Gasteiger partial charge in [-0.25, -0.2) is 13.1 Å². The molecule has 1 aliphatic rings.